The average molecular weight is 211 g/mol. The van der Waals surface area contributed by atoms with E-state index in [1.165, 1.54) is 6.08 Å². The SMILES string of the molecule is C=CCC(N)C(=O)c1cc(F)ccc1F. The van der Waals surface area contributed by atoms with Crippen molar-refractivity contribution in [3.8, 4) is 0 Å². The zero-order chi connectivity index (χ0) is 11.4. The van der Waals surface area contributed by atoms with E-state index in [9.17, 15) is 13.6 Å². The molecule has 0 amide bonds. The monoisotopic (exact) mass is 211 g/mol. The molecule has 0 bridgehead atoms. The predicted molar refractivity (Wildman–Crippen MR) is 53.5 cm³/mol. The van der Waals surface area contributed by atoms with Crippen LogP contribution >= 0.6 is 0 Å². The second-order valence-electron chi connectivity index (χ2n) is 3.12. The van der Waals surface area contributed by atoms with Gasteiger partial charge in [-0.1, -0.05) is 6.08 Å². The van der Waals surface area contributed by atoms with Gasteiger partial charge in [0, 0.05) is 0 Å². The second-order valence-corrected chi connectivity index (χ2v) is 3.12. The van der Waals surface area contributed by atoms with Crippen LogP contribution in [-0.2, 0) is 0 Å². The molecule has 0 aromatic heterocycles. The van der Waals surface area contributed by atoms with Crippen molar-refractivity contribution in [1.29, 1.82) is 0 Å². The maximum Gasteiger partial charge on any atom is 0.182 e. The van der Waals surface area contributed by atoms with Gasteiger partial charge in [0.2, 0.25) is 0 Å². The van der Waals surface area contributed by atoms with E-state index in [4.69, 9.17) is 5.73 Å². The van der Waals surface area contributed by atoms with Gasteiger partial charge in [-0.15, -0.1) is 6.58 Å². The Morgan fingerprint density at radius 2 is 2.20 bits per heavy atom. The lowest BCUT2D eigenvalue weighted by Crippen LogP contribution is -2.30. The van der Waals surface area contributed by atoms with Gasteiger partial charge in [0.05, 0.1) is 11.6 Å². The van der Waals surface area contributed by atoms with Gasteiger partial charge in [-0.2, -0.15) is 0 Å². The highest BCUT2D eigenvalue weighted by molar-refractivity contribution is 6.00. The summed E-state index contributed by atoms with van der Waals surface area (Å²) < 4.78 is 25.9. The molecule has 1 aromatic rings. The Labute approximate surface area is 86.4 Å². The number of benzene rings is 1. The summed E-state index contributed by atoms with van der Waals surface area (Å²) in [6, 6.07) is 1.83. The third-order valence-electron chi connectivity index (χ3n) is 1.95. The molecule has 80 valence electrons. The van der Waals surface area contributed by atoms with E-state index in [2.05, 4.69) is 6.58 Å². The topological polar surface area (TPSA) is 43.1 Å². The maximum absolute atomic E-state index is 13.2. The molecule has 4 heteroatoms. The van der Waals surface area contributed by atoms with Crippen molar-refractivity contribution in [3.63, 3.8) is 0 Å². The lowest BCUT2D eigenvalue weighted by atomic mass is 10.0. The van der Waals surface area contributed by atoms with Crippen LogP contribution in [0.15, 0.2) is 30.9 Å². The maximum atomic E-state index is 13.2. The smallest absolute Gasteiger partial charge is 0.182 e. The highest BCUT2D eigenvalue weighted by Crippen LogP contribution is 2.12. The van der Waals surface area contributed by atoms with Crippen LogP contribution in [0.4, 0.5) is 8.78 Å². The third kappa shape index (κ3) is 2.70. The highest BCUT2D eigenvalue weighted by atomic mass is 19.1. The summed E-state index contributed by atoms with van der Waals surface area (Å²) in [5, 5.41) is 0. The van der Waals surface area contributed by atoms with Crippen LogP contribution in [0.2, 0.25) is 0 Å². The molecule has 1 atom stereocenters. The van der Waals surface area contributed by atoms with Gasteiger partial charge in [-0.25, -0.2) is 8.78 Å². The Kier molecular flexibility index (Phi) is 3.68. The molecule has 1 rings (SSSR count). The summed E-state index contributed by atoms with van der Waals surface area (Å²) in [7, 11) is 0. The van der Waals surface area contributed by atoms with Crippen LogP contribution in [0, 0.1) is 11.6 Å². The summed E-state index contributed by atoms with van der Waals surface area (Å²) >= 11 is 0. The van der Waals surface area contributed by atoms with E-state index in [0.717, 1.165) is 18.2 Å². The zero-order valence-corrected chi connectivity index (χ0v) is 8.04. The normalized spacial score (nSPS) is 12.2. The molecule has 0 spiro atoms. The fourth-order valence-electron chi connectivity index (χ4n) is 1.17. The van der Waals surface area contributed by atoms with Crippen molar-refractivity contribution in [2.24, 2.45) is 5.73 Å². The molecule has 1 unspecified atom stereocenters. The number of carbonyl (C=O) groups excluding carboxylic acids is 1. The Hall–Kier alpha value is -1.55. The average Bonchev–Trinajstić information content (AvgIpc) is 2.21. The number of hydrogen-bond acceptors (Lipinski definition) is 2. The Bertz CT molecular complexity index is 390. The van der Waals surface area contributed by atoms with Crippen LogP contribution in [0.3, 0.4) is 0 Å². The molecule has 0 aliphatic carbocycles. The van der Waals surface area contributed by atoms with Gasteiger partial charge in [0.1, 0.15) is 11.6 Å². The van der Waals surface area contributed by atoms with E-state index in [-0.39, 0.29) is 12.0 Å². The summed E-state index contributed by atoms with van der Waals surface area (Å²) in [5.41, 5.74) is 5.15. The van der Waals surface area contributed by atoms with Crippen molar-refractivity contribution in [2.45, 2.75) is 12.5 Å². The molecule has 0 fully saturated rings. The lowest BCUT2D eigenvalue weighted by molar-refractivity contribution is 0.0957. The molecular formula is C11H11F2NO. The molecule has 1 aromatic carbocycles. The molecule has 15 heavy (non-hydrogen) atoms. The van der Waals surface area contributed by atoms with Crippen molar-refractivity contribution >= 4 is 5.78 Å². The number of hydrogen-bond donors (Lipinski definition) is 1. The molecule has 0 aliphatic heterocycles. The van der Waals surface area contributed by atoms with Gasteiger partial charge in [-0.3, -0.25) is 4.79 Å². The Morgan fingerprint density at radius 3 is 2.80 bits per heavy atom. The first kappa shape index (κ1) is 11.5. The minimum atomic E-state index is -0.876. The minimum absolute atomic E-state index is 0.231. The number of nitrogens with two attached hydrogens (primary N) is 1. The molecule has 0 saturated heterocycles. The Balaban J connectivity index is 2.99. The first-order valence-corrected chi connectivity index (χ1v) is 4.42. The fourth-order valence-corrected chi connectivity index (χ4v) is 1.17. The number of halogens is 2. The van der Waals surface area contributed by atoms with Gasteiger partial charge in [-0.05, 0) is 24.6 Å². The second kappa shape index (κ2) is 4.79. The van der Waals surface area contributed by atoms with E-state index in [1.807, 2.05) is 0 Å². The van der Waals surface area contributed by atoms with Crippen LogP contribution in [0.5, 0.6) is 0 Å². The zero-order valence-electron chi connectivity index (χ0n) is 8.04. The summed E-state index contributed by atoms with van der Waals surface area (Å²) in [4.78, 5) is 11.5. The van der Waals surface area contributed by atoms with Crippen LogP contribution in [0.25, 0.3) is 0 Å². The van der Waals surface area contributed by atoms with Crippen LogP contribution in [-0.4, -0.2) is 11.8 Å². The number of Topliss-reactive ketones (excluding diaryl/α,β-unsaturated/α-hetero) is 1. The molecule has 0 aliphatic rings. The van der Waals surface area contributed by atoms with Crippen LogP contribution < -0.4 is 5.73 Å². The molecule has 2 N–H and O–H groups in total. The van der Waals surface area contributed by atoms with E-state index < -0.39 is 23.5 Å². The lowest BCUT2D eigenvalue weighted by Gasteiger charge is -2.08. The van der Waals surface area contributed by atoms with Crippen molar-refractivity contribution in [2.75, 3.05) is 0 Å². The first-order valence-electron chi connectivity index (χ1n) is 4.42. The molecule has 0 heterocycles. The summed E-state index contributed by atoms with van der Waals surface area (Å²) in [6.45, 7) is 3.42. The largest absolute Gasteiger partial charge is 0.321 e. The van der Waals surface area contributed by atoms with E-state index in [1.54, 1.807) is 0 Å². The standard InChI is InChI=1S/C11H11F2NO/c1-2-3-10(14)11(15)8-6-7(12)4-5-9(8)13/h2,4-6,10H,1,3,14H2. The third-order valence-corrected chi connectivity index (χ3v) is 1.95. The number of rotatable bonds is 4. The number of carbonyl (C=O) groups is 1. The fraction of sp³-hybridized carbons (Fsp3) is 0.182. The molecule has 0 radical (unpaired) electrons. The molecule has 2 nitrogen and oxygen atoms in total. The summed E-state index contributed by atoms with van der Waals surface area (Å²) in [6.07, 6.45) is 1.69. The predicted octanol–water partition coefficient (Wildman–Crippen LogP) is 2.05. The van der Waals surface area contributed by atoms with E-state index >= 15 is 0 Å². The van der Waals surface area contributed by atoms with Crippen LogP contribution in [0.1, 0.15) is 16.8 Å². The van der Waals surface area contributed by atoms with E-state index in [0.29, 0.717) is 0 Å². The summed E-state index contributed by atoms with van der Waals surface area (Å²) in [5.74, 6) is -2.04. The Morgan fingerprint density at radius 1 is 1.53 bits per heavy atom. The van der Waals surface area contributed by atoms with Crippen molar-refractivity contribution < 1.29 is 13.6 Å². The quantitative estimate of drug-likeness (QED) is 0.611. The minimum Gasteiger partial charge on any atom is -0.321 e. The molecular weight excluding hydrogens is 200 g/mol. The van der Waals surface area contributed by atoms with Gasteiger partial charge in [0.25, 0.3) is 0 Å². The van der Waals surface area contributed by atoms with Gasteiger partial charge < -0.3 is 5.73 Å². The molecule has 0 saturated carbocycles. The first-order chi connectivity index (χ1) is 7.06. The van der Waals surface area contributed by atoms with Gasteiger partial charge >= 0.3 is 0 Å². The number of ketones is 1. The van der Waals surface area contributed by atoms with Crippen molar-refractivity contribution in [1.82, 2.24) is 0 Å². The van der Waals surface area contributed by atoms with Crippen molar-refractivity contribution in [3.05, 3.63) is 48.1 Å². The van der Waals surface area contributed by atoms with Gasteiger partial charge in [0.15, 0.2) is 5.78 Å². The highest BCUT2D eigenvalue weighted by Gasteiger charge is 2.18.